The summed E-state index contributed by atoms with van der Waals surface area (Å²) in [4.78, 5) is 10.8. The van der Waals surface area contributed by atoms with Gasteiger partial charge in [-0.3, -0.25) is 5.43 Å². The van der Waals surface area contributed by atoms with Gasteiger partial charge in [0.25, 0.3) is 0 Å². The number of carboxylic acid groups (broad SMARTS) is 1. The van der Waals surface area contributed by atoms with E-state index in [0.29, 0.717) is 22.8 Å². The molecule has 0 fully saturated rings. The normalized spacial score (nSPS) is 10.9. The smallest absolute Gasteiger partial charge is 0.335 e. The molecule has 0 aliphatic heterocycles. The van der Waals surface area contributed by atoms with E-state index in [0.717, 1.165) is 0 Å². The van der Waals surface area contributed by atoms with E-state index in [1.807, 2.05) is 0 Å². The summed E-state index contributed by atoms with van der Waals surface area (Å²) in [5.74, 6) is -0.462. The second-order valence-corrected chi connectivity index (χ2v) is 4.93. The van der Waals surface area contributed by atoms with Crippen LogP contribution in [-0.4, -0.2) is 17.3 Å². The van der Waals surface area contributed by atoms with Crippen LogP contribution in [0.4, 0.5) is 10.1 Å². The van der Waals surface area contributed by atoms with E-state index in [1.54, 1.807) is 42.5 Å². The Hall–Kier alpha value is -3.41. The van der Waals surface area contributed by atoms with Crippen molar-refractivity contribution in [3.63, 3.8) is 0 Å². The Bertz CT molecular complexity index is 885. The molecular weight excluding hydrogens is 311 g/mol. The molecule has 0 aliphatic rings. The third kappa shape index (κ3) is 3.49. The van der Waals surface area contributed by atoms with Gasteiger partial charge in [-0.2, -0.15) is 5.10 Å². The molecule has 0 amide bonds. The van der Waals surface area contributed by atoms with E-state index in [-0.39, 0.29) is 11.4 Å². The number of rotatable bonds is 5. The number of nitrogens with one attached hydrogen (secondary N) is 1. The summed E-state index contributed by atoms with van der Waals surface area (Å²) in [7, 11) is 0. The first-order chi connectivity index (χ1) is 11.6. The number of carbonyl (C=O) groups is 1. The third-order valence-electron chi connectivity index (χ3n) is 3.28. The van der Waals surface area contributed by atoms with Crippen LogP contribution < -0.4 is 5.43 Å². The molecule has 120 valence electrons. The van der Waals surface area contributed by atoms with E-state index in [2.05, 4.69) is 10.5 Å². The Morgan fingerprint density at radius 1 is 1.08 bits per heavy atom. The van der Waals surface area contributed by atoms with Crippen LogP contribution in [0.2, 0.25) is 0 Å². The van der Waals surface area contributed by atoms with Crippen LogP contribution in [0.1, 0.15) is 16.1 Å². The van der Waals surface area contributed by atoms with Gasteiger partial charge < -0.3 is 9.52 Å². The zero-order chi connectivity index (χ0) is 16.9. The molecule has 3 rings (SSSR count). The number of furan rings is 1. The standard InChI is InChI=1S/C18H13FN2O3/c19-16-4-2-1-3-15(16)17-10-9-14(24-17)11-20-21-13-7-5-12(6-8-13)18(22)23/h1-11,21H,(H,22,23)/b20-11-. The summed E-state index contributed by atoms with van der Waals surface area (Å²) in [6.07, 6.45) is 1.45. The van der Waals surface area contributed by atoms with Crippen LogP contribution in [-0.2, 0) is 0 Å². The van der Waals surface area contributed by atoms with Gasteiger partial charge >= 0.3 is 5.97 Å². The zero-order valence-electron chi connectivity index (χ0n) is 12.4. The van der Waals surface area contributed by atoms with Crippen molar-refractivity contribution in [3.05, 3.63) is 77.8 Å². The van der Waals surface area contributed by atoms with Crippen molar-refractivity contribution in [2.75, 3.05) is 5.43 Å². The van der Waals surface area contributed by atoms with Gasteiger partial charge in [-0.05, 0) is 48.5 Å². The van der Waals surface area contributed by atoms with Crippen LogP contribution in [0.5, 0.6) is 0 Å². The summed E-state index contributed by atoms with van der Waals surface area (Å²) < 4.78 is 19.2. The van der Waals surface area contributed by atoms with Crippen LogP contribution in [0.15, 0.2) is 70.2 Å². The molecule has 0 bridgehead atoms. The molecule has 24 heavy (non-hydrogen) atoms. The van der Waals surface area contributed by atoms with Gasteiger partial charge in [0.05, 0.1) is 23.0 Å². The van der Waals surface area contributed by atoms with Gasteiger partial charge in [-0.25, -0.2) is 9.18 Å². The number of anilines is 1. The van der Waals surface area contributed by atoms with E-state index >= 15 is 0 Å². The highest BCUT2D eigenvalue weighted by Gasteiger charge is 2.08. The minimum Gasteiger partial charge on any atom is -0.478 e. The fraction of sp³-hybridized carbons (Fsp3) is 0. The van der Waals surface area contributed by atoms with Gasteiger partial charge in [0.1, 0.15) is 17.3 Å². The highest BCUT2D eigenvalue weighted by molar-refractivity contribution is 5.88. The number of carboxylic acids is 1. The van der Waals surface area contributed by atoms with E-state index in [9.17, 15) is 9.18 Å². The minimum absolute atomic E-state index is 0.199. The average Bonchev–Trinajstić information content (AvgIpc) is 3.04. The SMILES string of the molecule is O=C(O)c1ccc(N/N=C\c2ccc(-c3ccccc3F)o2)cc1. The zero-order valence-corrected chi connectivity index (χ0v) is 12.4. The summed E-state index contributed by atoms with van der Waals surface area (Å²) in [6, 6.07) is 15.9. The molecule has 0 aliphatic carbocycles. The predicted octanol–water partition coefficient (Wildman–Crippen LogP) is 4.23. The predicted molar refractivity (Wildman–Crippen MR) is 88.7 cm³/mol. The molecule has 5 nitrogen and oxygen atoms in total. The molecule has 2 N–H and O–H groups in total. The van der Waals surface area contributed by atoms with Gasteiger partial charge in [-0.15, -0.1) is 0 Å². The van der Waals surface area contributed by atoms with Gasteiger partial charge in [-0.1, -0.05) is 12.1 Å². The topological polar surface area (TPSA) is 74.8 Å². The quantitative estimate of drug-likeness (QED) is 0.544. The maximum absolute atomic E-state index is 13.7. The molecule has 6 heteroatoms. The Kier molecular flexibility index (Phi) is 4.38. The second-order valence-electron chi connectivity index (χ2n) is 4.93. The van der Waals surface area contributed by atoms with E-state index in [1.165, 1.54) is 24.4 Å². The maximum Gasteiger partial charge on any atom is 0.335 e. The lowest BCUT2D eigenvalue weighted by Gasteiger charge is -2.00. The van der Waals surface area contributed by atoms with Gasteiger partial charge in [0.15, 0.2) is 0 Å². The molecule has 1 heterocycles. The summed E-state index contributed by atoms with van der Waals surface area (Å²) in [6.45, 7) is 0. The molecule has 2 aromatic carbocycles. The number of hydrogen-bond donors (Lipinski definition) is 2. The molecule has 0 spiro atoms. The molecule has 0 atom stereocenters. The van der Waals surface area contributed by atoms with Crippen LogP contribution in [0, 0.1) is 5.82 Å². The number of hydrogen-bond acceptors (Lipinski definition) is 4. The first kappa shape index (κ1) is 15.5. The highest BCUT2D eigenvalue weighted by atomic mass is 19.1. The van der Waals surface area contributed by atoms with E-state index < -0.39 is 5.97 Å². The average molecular weight is 324 g/mol. The van der Waals surface area contributed by atoms with Crippen LogP contribution >= 0.6 is 0 Å². The molecule has 1 aromatic heterocycles. The molecule has 0 saturated carbocycles. The van der Waals surface area contributed by atoms with Crippen molar-refractivity contribution in [3.8, 4) is 11.3 Å². The minimum atomic E-state index is -0.985. The number of halogens is 1. The van der Waals surface area contributed by atoms with Crippen molar-refractivity contribution < 1.29 is 18.7 Å². The lowest BCUT2D eigenvalue weighted by molar-refractivity contribution is 0.0697. The van der Waals surface area contributed by atoms with E-state index in [4.69, 9.17) is 9.52 Å². The number of aromatic carboxylic acids is 1. The second kappa shape index (κ2) is 6.78. The van der Waals surface area contributed by atoms with Gasteiger partial charge in [0, 0.05) is 0 Å². The summed E-state index contributed by atoms with van der Waals surface area (Å²) in [5.41, 5.74) is 3.98. The molecule has 0 radical (unpaired) electrons. The first-order valence-corrected chi connectivity index (χ1v) is 7.10. The van der Waals surface area contributed by atoms with Crippen molar-refractivity contribution >= 4 is 17.9 Å². The first-order valence-electron chi connectivity index (χ1n) is 7.10. The highest BCUT2D eigenvalue weighted by Crippen LogP contribution is 2.24. The van der Waals surface area contributed by atoms with Gasteiger partial charge in [0.2, 0.25) is 0 Å². The lowest BCUT2D eigenvalue weighted by atomic mass is 10.1. The van der Waals surface area contributed by atoms with Crippen molar-refractivity contribution in [2.45, 2.75) is 0 Å². The molecular formula is C18H13FN2O3. The van der Waals surface area contributed by atoms with Crippen LogP contribution in [0.3, 0.4) is 0 Å². The Morgan fingerprint density at radius 2 is 1.83 bits per heavy atom. The maximum atomic E-state index is 13.7. The molecule has 0 unspecified atom stereocenters. The summed E-state index contributed by atoms with van der Waals surface area (Å²) >= 11 is 0. The van der Waals surface area contributed by atoms with Crippen molar-refractivity contribution in [2.24, 2.45) is 5.10 Å². The Morgan fingerprint density at radius 3 is 2.54 bits per heavy atom. The number of hydrazone groups is 1. The lowest BCUT2D eigenvalue weighted by Crippen LogP contribution is -1.96. The number of benzene rings is 2. The molecule has 3 aromatic rings. The summed E-state index contributed by atoms with van der Waals surface area (Å²) in [5, 5.41) is 12.8. The Balaban J connectivity index is 1.67. The van der Waals surface area contributed by atoms with Crippen LogP contribution in [0.25, 0.3) is 11.3 Å². The monoisotopic (exact) mass is 324 g/mol. The Labute approximate surface area is 137 Å². The fourth-order valence-corrected chi connectivity index (χ4v) is 2.09. The largest absolute Gasteiger partial charge is 0.478 e. The molecule has 0 saturated heterocycles. The third-order valence-corrected chi connectivity index (χ3v) is 3.28. The fourth-order valence-electron chi connectivity index (χ4n) is 2.09. The van der Waals surface area contributed by atoms with Crippen molar-refractivity contribution in [1.29, 1.82) is 0 Å². The van der Waals surface area contributed by atoms with Crippen molar-refractivity contribution in [1.82, 2.24) is 0 Å². The number of nitrogens with zero attached hydrogens (tertiary/aromatic N) is 1.